The van der Waals surface area contributed by atoms with E-state index < -0.39 is 11.9 Å². The molecule has 128 valence electrons. The fourth-order valence-electron chi connectivity index (χ4n) is 2.63. The highest BCUT2D eigenvalue weighted by atomic mass is 19.1. The van der Waals surface area contributed by atoms with E-state index in [0.717, 1.165) is 12.8 Å². The lowest BCUT2D eigenvalue weighted by Crippen LogP contribution is -2.44. The molecule has 0 spiro atoms. The van der Waals surface area contributed by atoms with Gasteiger partial charge in [0.1, 0.15) is 18.0 Å². The van der Waals surface area contributed by atoms with Gasteiger partial charge in [-0.25, -0.2) is 4.39 Å². The predicted molar refractivity (Wildman–Crippen MR) is 84.2 cm³/mol. The Morgan fingerprint density at radius 2 is 2.29 bits per heavy atom. The number of benzene rings is 1. The zero-order valence-corrected chi connectivity index (χ0v) is 13.5. The normalized spacial score (nSPS) is 18.0. The van der Waals surface area contributed by atoms with Crippen molar-refractivity contribution in [3.05, 3.63) is 35.1 Å². The van der Waals surface area contributed by atoms with Gasteiger partial charge in [-0.2, -0.15) is 5.26 Å². The number of likely N-dealkylation sites (tertiary alicyclic amines) is 1. The summed E-state index contributed by atoms with van der Waals surface area (Å²) in [6, 6.07) is 5.92. The van der Waals surface area contributed by atoms with Crippen molar-refractivity contribution in [2.75, 3.05) is 20.2 Å². The Hall–Kier alpha value is -2.46. The van der Waals surface area contributed by atoms with Crippen LogP contribution in [0.15, 0.2) is 18.2 Å². The molecule has 1 aliphatic rings. The maximum atomic E-state index is 13.5. The van der Waals surface area contributed by atoms with Gasteiger partial charge in [0, 0.05) is 20.2 Å². The van der Waals surface area contributed by atoms with E-state index >= 15 is 0 Å². The van der Waals surface area contributed by atoms with Crippen molar-refractivity contribution >= 4 is 11.8 Å². The first kappa shape index (κ1) is 17.9. The van der Waals surface area contributed by atoms with E-state index in [4.69, 9.17) is 10.00 Å². The first-order valence-corrected chi connectivity index (χ1v) is 7.82. The minimum Gasteiger partial charge on any atom is -0.372 e. The number of methoxy groups -OCH3 is 1. The maximum absolute atomic E-state index is 13.5. The van der Waals surface area contributed by atoms with Crippen LogP contribution in [-0.2, 0) is 20.9 Å². The average Bonchev–Trinajstić information content (AvgIpc) is 2.75. The second-order valence-electron chi connectivity index (χ2n) is 5.68. The average molecular weight is 333 g/mol. The van der Waals surface area contributed by atoms with Crippen LogP contribution in [0.1, 0.15) is 30.4 Å². The second-order valence-corrected chi connectivity index (χ2v) is 5.68. The summed E-state index contributed by atoms with van der Waals surface area (Å²) in [5, 5.41) is 11.4. The summed E-state index contributed by atoms with van der Waals surface area (Å²) in [6.45, 7) is 0.617. The van der Waals surface area contributed by atoms with Crippen molar-refractivity contribution in [3.63, 3.8) is 0 Å². The van der Waals surface area contributed by atoms with Crippen LogP contribution in [0.4, 0.5) is 4.39 Å². The number of ether oxygens (including phenoxy) is 1. The van der Waals surface area contributed by atoms with Gasteiger partial charge in [-0.15, -0.1) is 0 Å². The van der Waals surface area contributed by atoms with Crippen molar-refractivity contribution in [2.45, 2.75) is 31.9 Å². The van der Waals surface area contributed by atoms with Gasteiger partial charge < -0.3 is 15.0 Å². The van der Waals surface area contributed by atoms with Crippen LogP contribution in [0.25, 0.3) is 0 Å². The zero-order valence-electron chi connectivity index (χ0n) is 13.5. The molecule has 1 fully saturated rings. The molecule has 6 nitrogen and oxygen atoms in total. The number of nitriles is 1. The van der Waals surface area contributed by atoms with E-state index in [9.17, 15) is 14.0 Å². The highest BCUT2D eigenvalue weighted by Gasteiger charge is 2.27. The Morgan fingerprint density at radius 3 is 2.96 bits per heavy atom. The highest BCUT2D eigenvalue weighted by molar-refractivity contribution is 5.87. The Kier molecular flexibility index (Phi) is 6.27. The van der Waals surface area contributed by atoms with Crippen molar-refractivity contribution in [1.82, 2.24) is 10.2 Å². The van der Waals surface area contributed by atoms with E-state index in [0.29, 0.717) is 18.5 Å². The van der Waals surface area contributed by atoms with Crippen LogP contribution in [-0.4, -0.2) is 43.0 Å². The summed E-state index contributed by atoms with van der Waals surface area (Å²) in [6.07, 6.45) is 1.89. The minimum absolute atomic E-state index is 0.0363. The molecule has 1 heterocycles. The van der Waals surface area contributed by atoms with Gasteiger partial charge in [0.25, 0.3) is 5.91 Å². The Labute approximate surface area is 140 Å². The molecule has 1 N–H and O–H groups in total. The number of nitrogens with one attached hydrogen (secondary N) is 1. The molecule has 7 heteroatoms. The monoisotopic (exact) mass is 333 g/mol. The van der Waals surface area contributed by atoms with Gasteiger partial charge >= 0.3 is 0 Å². The smallest absolute Gasteiger partial charge is 0.252 e. The SMILES string of the molecule is COC1CCCCN(CC(=O)NCc2ccc(C#N)c(F)c2)C1=O. The third-order valence-corrected chi connectivity index (χ3v) is 3.99. The van der Waals surface area contributed by atoms with Gasteiger partial charge in [0.2, 0.25) is 5.91 Å². The molecule has 0 radical (unpaired) electrons. The Bertz CT molecular complexity index is 657. The number of nitrogens with zero attached hydrogens (tertiary/aromatic N) is 2. The van der Waals surface area contributed by atoms with Crippen molar-refractivity contribution < 1.29 is 18.7 Å². The molecule has 24 heavy (non-hydrogen) atoms. The van der Waals surface area contributed by atoms with E-state index in [-0.39, 0.29) is 30.5 Å². The Morgan fingerprint density at radius 1 is 1.50 bits per heavy atom. The van der Waals surface area contributed by atoms with Crippen molar-refractivity contribution in [3.8, 4) is 6.07 Å². The topological polar surface area (TPSA) is 82.4 Å². The molecule has 1 aromatic carbocycles. The number of hydrogen-bond donors (Lipinski definition) is 1. The lowest BCUT2D eigenvalue weighted by molar-refractivity contribution is -0.144. The molecule has 0 saturated carbocycles. The molecule has 0 aromatic heterocycles. The van der Waals surface area contributed by atoms with Gasteiger partial charge in [-0.3, -0.25) is 9.59 Å². The number of amides is 2. The highest BCUT2D eigenvalue weighted by Crippen LogP contribution is 2.14. The molecular weight excluding hydrogens is 313 g/mol. The van der Waals surface area contributed by atoms with E-state index in [1.165, 1.54) is 24.1 Å². The van der Waals surface area contributed by atoms with Crippen LogP contribution in [0.5, 0.6) is 0 Å². The first-order chi connectivity index (χ1) is 11.5. The molecule has 1 aromatic rings. The van der Waals surface area contributed by atoms with Gasteiger partial charge in [0.05, 0.1) is 12.1 Å². The van der Waals surface area contributed by atoms with Gasteiger partial charge in [-0.1, -0.05) is 6.07 Å². The maximum Gasteiger partial charge on any atom is 0.252 e. The lowest BCUT2D eigenvalue weighted by Gasteiger charge is -2.23. The number of carbonyl (C=O) groups is 2. The van der Waals surface area contributed by atoms with E-state index in [1.54, 1.807) is 12.1 Å². The summed E-state index contributed by atoms with van der Waals surface area (Å²) in [5.41, 5.74) is 0.516. The number of hydrogen-bond acceptors (Lipinski definition) is 4. The summed E-state index contributed by atoms with van der Waals surface area (Å²) >= 11 is 0. The molecule has 1 atom stereocenters. The quantitative estimate of drug-likeness (QED) is 0.881. The summed E-state index contributed by atoms with van der Waals surface area (Å²) in [5.74, 6) is -1.10. The summed E-state index contributed by atoms with van der Waals surface area (Å²) < 4.78 is 18.7. The summed E-state index contributed by atoms with van der Waals surface area (Å²) in [7, 11) is 1.49. The fraction of sp³-hybridized carbons (Fsp3) is 0.471. The molecule has 0 aliphatic carbocycles. The molecule has 1 saturated heterocycles. The van der Waals surface area contributed by atoms with Crippen molar-refractivity contribution in [1.29, 1.82) is 5.26 Å². The Balaban J connectivity index is 1.89. The van der Waals surface area contributed by atoms with Gasteiger partial charge in [0.15, 0.2) is 0 Å². The standard InChI is InChI=1S/C17H20FN3O3/c1-24-15-4-2-3-7-21(17(15)23)11-16(22)20-10-12-5-6-13(9-19)14(18)8-12/h5-6,8,15H,2-4,7,10-11H2,1H3,(H,20,22). The van der Waals surface area contributed by atoms with Crippen LogP contribution in [0, 0.1) is 17.1 Å². The molecule has 1 aliphatic heterocycles. The number of rotatable bonds is 5. The fourth-order valence-corrected chi connectivity index (χ4v) is 2.63. The molecule has 2 amide bonds. The number of halogens is 1. The van der Waals surface area contributed by atoms with Gasteiger partial charge in [-0.05, 0) is 37.0 Å². The van der Waals surface area contributed by atoms with Crippen LogP contribution in [0.2, 0.25) is 0 Å². The van der Waals surface area contributed by atoms with Crippen LogP contribution < -0.4 is 5.32 Å². The first-order valence-electron chi connectivity index (χ1n) is 7.82. The summed E-state index contributed by atoms with van der Waals surface area (Å²) in [4.78, 5) is 25.8. The molecule has 2 rings (SSSR count). The molecule has 0 bridgehead atoms. The molecule has 1 unspecified atom stereocenters. The minimum atomic E-state index is -0.616. The van der Waals surface area contributed by atoms with Crippen LogP contribution >= 0.6 is 0 Å². The zero-order chi connectivity index (χ0) is 17.5. The van der Waals surface area contributed by atoms with Crippen LogP contribution in [0.3, 0.4) is 0 Å². The largest absolute Gasteiger partial charge is 0.372 e. The third kappa shape index (κ3) is 4.52. The second kappa shape index (κ2) is 8.41. The van der Waals surface area contributed by atoms with Crippen molar-refractivity contribution in [2.24, 2.45) is 0 Å². The number of carbonyl (C=O) groups excluding carboxylic acids is 2. The predicted octanol–water partition coefficient (Wildman–Crippen LogP) is 1.34. The lowest BCUT2D eigenvalue weighted by atomic mass is 10.1. The van der Waals surface area contributed by atoms with E-state index in [1.807, 2.05) is 0 Å². The van der Waals surface area contributed by atoms with E-state index in [2.05, 4.69) is 5.32 Å². The third-order valence-electron chi connectivity index (χ3n) is 3.99. The molecular formula is C17H20FN3O3.